The van der Waals surface area contributed by atoms with Crippen LogP contribution in [-0.4, -0.2) is 23.0 Å². The molecule has 1 heterocycles. The van der Waals surface area contributed by atoms with Gasteiger partial charge in [-0.25, -0.2) is 9.37 Å². The highest BCUT2D eigenvalue weighted by Crippen LogP contribution is 2.26. The van der Waals surface area contributed by atoms with Gasteiger partial charge in [0.25, 0.3) is 5.91 Å². The largest absolute Gasteiger partial charge is 0.438 e. The van der Waals surface area contributed by atoms with E-state index in [1.54, 1.807) is 6.07 Å². The highest BCUT2D eigenvalue weighted by atomic mass is 127. The Morgan fingerprint density at radius 3 is 2.69 bits per heavy atom. The van der Waals surface area contributed by atoms with Crippen molar-refractivity contribution < 1.29 is 13.9 Å². The van der Waals surface area contributed by atoms with Gasteiger partial charge in [0, 0.05) is 15.7 Å². The summed E-state index contributed by atoms with van der Waals surface area (Å²) in [5.41, 5.74) is 5.98. The fourth-order valence-electron chi connectivity index (χ4n) is 2.84. The molecule has 0 saturated heterocycles. The summed E-state index contributed by atoms with van der Waals surface area (Å²) in [5, 5.41) is 2.94. The van der Waals surface area contributed by atoms with Crippen LogP contribution in [0.2, 0.25) is 0 Å². The number of amides is 1. The second kappa shape index (κ2) is 9.48. The average molecular weight is 492 g/mol. The van der Waals surface area contributed by atoms with Crippen LogP contribution in [0.25, 0.3) is 0 Å². The van der Waals surface area contributed by atoms with E-state index < -0.39 is 5.82 Å². The van der Waals surface area contributed by atoms with Crippen LogP contribution in [0.15, 0.2) is 36.5 Å². The Hall–Kier alpha value is -1.45. The number of hydrogen-bond acceptors (Lipinski definition) is 4. The quantitative estimate of drug-likeness (QED) is 0.633. The van der Waals surface area contributed by atoms with E-state index in [0.717, 1.165) is 41.5 Å². The van der Waals surface area contributed by atoms with Crippen molar-refractivity contribution in [1.29, 1.82) is 0 Å². The maximum Gasteiger partial charge on any atom is 0.257 e. The molecule has 8 heteroatoms. The normalized spacial score (nSPS) is 19.3. The zero-order valence-corrected chi connectivity index (χ0v) is 16.9. The number of hydrogen-bond donors (Lipinski definition) is 2. The van der Waals surface area contributed by atoms with Gasteiger partial charge in [-0.15, -0.1) is 12.4 Å². The Morgan fingerprint density at radius 1 is 1.27 bits per heavy atom. The van der Waals surface area contributed by atoms with E-state index in [-0.39, 0.29) is 41.8 Å². The summed E-state index contributed by atoms with van der Waals surface area (Å²) in [6.45, 7) is 0. The predicted molar refractivity (Wildman–Crippen MR) is 108 cm³/mol. The van der Waals surface area contributed by atoms with Crippen molar-refractivity contribution in [2.75, 3.05) is 0 Å². The number of rotatable bonds is 4. The van der Waals surface area contributed by atoms with Crippen molar-refractivity contribution in [2.24, 2.45) is 5.73 Å². The van der Waals surface area contributed by atoms with E-state index in [9.17, 15) is 9.18 Å². The molecule has 1 amide bonds. The number of carbonyl (C=O) groups excluding carboxylic acids is 1. The van der Waals surface area contributed by atoms with Crippen LogP contribution < -0.4 is 15.8 Å². The SMILES string of the molecule is Cl.NC1CCC(NC(=O)c2cc(F)cnc2Oc2cccc(I)c2)CC1. The molecular formula is C18H20ClFIN3O2. The zero-order valence-electron chi connectivity index (χ0n) is 14.0. The Labute approximate surface area is 171 Å². The number of carbonyl (C=O) groups is 1. The Morgan fingerprint density at radius 2 is 2.00 bits per heavy atom. The number of ether oxygens (including phenoxy) is 1. The molecule has 5 nitrogen and oxygen atoms in total. The van der Waals surface area contributed by atoms with E-state index in [0.29, 0.717) is 5.75 Å². The Kier molecular flexibility index (Phi) is 7.60. The number of nitrogens with two attached hydrogens (primary N) is 1. The summed E-state index contributed by atoms with van der Waals surface area (Å²) < 4.78 is 20.3. The highest BCUT2D eigenvalue weighted by molar-refractivity contribution is 14.1. The van der Waals surface area contributed by atoms with Crippen LogP contribution in [0.1, 0.15) is 36.0 Å². The molecule has 0 atom stereocenters. The number of halogens is 3. The van der Waals surface area contributed by atoms with Gasteiger partial charge in [-0.2, -0.15) is 0 Å². The standard InChI is InChI=1S/C18H19FIN3O2.ClH/c19-11-8-16(17(24)23-14-6-4-13(21)5-7-14)18(22-10-11)25-15-3-1-2-12(20)9-15;/h1-3,8-10,13-14H,4-7,21H2,(H,23,24);1H. The molecule has 0 spiro atoms. The molecule has 1 aromatic carbocycles. The Balaban J connectivity index is 0.00000243. The lowest BCUT2D eigenvalue weighted by molar-refractivity contribution is 0.0922. The van der Waals surface area contributed by atoms with E-state index in [4.69, 9.17) is 10.5 Å². The van der Waals surface area contributed by atoms with Crippen LogP contribution in [0.3, 0.4) is 0 Å². The fourth-order valence-corrected chi connectivity index (χ4v) is 3.35. The van der Waals surface area contributed by atoms with Crippen molar-refractivity contribution in [3.8, 4) is 11.6 Å². The molecule has 1 saturated carbocycles. The third-order valence-electron chi connectivity index (χ3n) is 4.18. The molecule has 2 aromatic rings. The summed E-state index contributed by atoms with van der Waals surface area (Å²) in [5.74, 6) is -0.323. The zero-order chi connectivity index (χ0) is 17.8. The summed E-state index contributed by atoms with van der Waals surface area (Å²) in [6, 6.07) is 8.73. The van der Waals surface area contributed by atoms with Gasteiger partial charge in [0.05, 0.1) is 6.20 Å². The second-order valence-electron chi connectivity index (χ2n) is 6.15. The second-order valence-corrected chi connectivity index (χ2v) is 7.40. The molecule has 140 valence electrons. The van der Waals surface area contributed by atoms with Crippen LogP contribution in [0.5, 0.6) is 11.6 Å². The van der Waals surface area contributed by atoms with E-state index in [2.05, 4.69) is 32.9 Å². The molecule has 0 unspecified atom stereocenters. The molecule has 0 radical (unpaired) electrons. The third-order valence-corrected chi connectivity index (χ3v) is 4.85. The van der Waals surface area contributed by atoms with Gasteiger partial charge < -0.3 is 15.8 Å². The minimum absolute atomic E-state index is 0. The van der Waals surface area contributed by atoms with Crippen molar-refractivity contribution in [1.82, 2.24) is 10.3 Å². The topological polar surface area (TPSA) is 77.2 Å². The molecular weight excluding hydrogens is 472 g/mol. The first kappa shape index (κ1) is 20.9. The maximum absolute atomic E-state index is 13.6. The summed E-state index contributed by atoms with van der Waals surface area (Å²) in [6.07, 6.45) is 4.43. The van der Waals surface area contributed by atoms with Crippen LogP contribution >= 0.6 is 35.0 Å². The first-order valence-corrected chi connectivity index (χ1v) is 9.24. The van der Waals surface area contributed by atoms with Gasteiger partial charge in [0.15, 0.2) is 0 Å². The van der Waals surface area contributed by atoms with E-state index in [1.807, 2.05) is 18.2 Å². The minimum atomic E-state index is -0.578. The summed E-state index contributed by atoms with van der Waals surface area (Å²) >= 11 is 2.16. The molecule has 1 fully saturated rings. The van der Waals surface area contributed by atoms with Gasteiger partial charge in [-0.1, -0.05) is 6.07 Å². The molecule has 1 aromatic heterocycles. The Bertz CT molecular complexity index is 770. The van der Waals surface area contributed by atoms with Crippen LogP contribution in [0, 0.1) is 9.39 Å². The molecule has 26 heavy (non-hydrogen) atoms. The van der Waals surface area contributed by atoms with Crippen molar-refractivity contribution in [2.45, 2.75) is 37.8 Å². The number of nitrogens with zero attached hydrogens (tertiary/aromatic N) is 1. The maximum atomic E-state index is 13.6. The molecule has 3 rings (SSSR count). The first-order valence-electron chi connectivity index (χ1n) is 8.16. The van der Waals surface area contributed by atoms with E-state index >= 15 is 0 Å². The fraction of sp³-hybridized carbons (Fsp3) is 0.333. The lowest BCUT2D eigenvalue weighted by atomic mass is 9.91. The number of pyridine rings is 1. The third kappa shape index (κ3) is 5.52. The monoisotopic (exact) mass is 491 g/mol. The van der Waals surface area contributed by atoms with Gasteiger partial charge in [-0.3, -0.25) is 4.79 Å². The van der Waals surface area contributed by atoms with Gasteiger partial charge in [0.2, 0.25) is 5.88 Å². The molecule has 0 aliphatic heterocycles. The smallest absolute Gasteiger partial charge is 0.257 e. The van der Waals surface area contributed by atoms with Gasteiger partial charge in [-0.05, 0) is 72.5 Å². The van der Waals surface area contributed by atoms with E-state index in [1.165, 1.54) is 0 Å². The molecule has 3 N–H and O–H groups in total. The van der Waals surface area contributed by atoms with Crippen molar-refractivity contribution in [3.63, 3.8) is 0 Å². The molecule has 1 aliphatic rings. The number of aromatic nitrogens is 1. The average Bonchev–Trinajstić information content (AvgIpc) is 2.58. The number of nitrogens with one attached hydrogen (secondary N) is 1. The number of benzene rings is 1. The minimum Gasteiger partial charge on any atom is -0.438 e. The van der Waals surface area contributed by atoms with Crippen LogP contribution in [-0.2, 0) is 0 Å². The molecule has 1 aliphatic carbocycles. The van der Waals surface area contributed by atoms with Gasteiger partial charge >= 0.3 is 0 Å². The van der Waals surface area contributed by atoms with Crippen molar-refractivity contribution in [3.05, 3.63) is 51.5 Å². The summed E-state index contributed by atoms with van der Waals surface area (Å²) in [7, 11) is 0. The summed E-state index contributed by atoms with van der Waals surface area (Å²) in [4.78, 5) is 16.5. The predicted octanol–water partition coefficient (Wildman–Crippen LogP) is 4.04. The lowest BCUT2D eigenvalue weighted by Gasteiger charge is -2.27. The lowest BCUT2D eigenvalue weighted by Crippen LogP contribution is -2.40. The molecule has 0 bridgehead atoms. The van der Waals surface area contributed by atoms with Crippen LogP contribution in [0.4, 0.5) is 4.39 Å². The van der Waals surface area contributed by atoms with Gasteiger partial charge in [0.1, 0.15) is 17.1 Å². The highest BCUT2D eigenvalue weighted by Gasteiger charge is 2.23. The first-order chi connectivity index (χ1) is 12.0. The van der Waals surface area contributed by atoms with Crippen molar-refractivity contribution >= 4 is 40.9 Å².